The molecule has 5 rings (SSSR count). The lowest BCUT2D eigenvalue weighted by Gasteiger charge is -2.11. The van der Waals surface area contributed by atoms with Crippen molar-refractivity contribution < 1.29 is 24.5 Å². The summed E-state index contributed by atoms with van der Waals surface area (Å²) in [5.74, 6) is -0.483. The Morgan fingerprint density at radius 1 is 0.875 bits per heavy atom. The lowest BCUT2D eigenvalue weighted by molar-refractivity contribution is -0.178. The van der Waals surface area contributed by atoms with E-state index in [9.17, 15) is 14.7 Å². The van der Waals surface area contributed by atoms with Gasteiger partial charge < -0.3 is 19.9 Å². The molecule has 7 heteroatoms. The molecule has 0 spiro atoms. The molecule has 0 aliphatic heterocycles. The normalized spacial score (nSPS) is 11.0. The van der Waals surface area contributed by atoms with E-state index in [-0.39, 0.29) is 11.5 Å². The van der Waals surface area contributed by atoms with Crippen LogP contribution >= 0.6 is 0 Å². The number of hydrogen-bond acceptors (Lipinski definition) is 4. The van der Waals surface area contributed by atoms with E-state index >= 15 is 0 Å². The van der Waals surface area contributed by atoms with Crippen LogP contribution in [0.2, 0.25) is 0 Å². The number of nitrogens with one attached hydrogen (secondary N) is 1. The van der Waals surface area contributed by atoms with Crippen LogP contribution in [0.1, 0.15) is 43.1 Å². The van der Waals surface area contributed by atoms with E-state index in [1.54, 1.807) is 24.3 Å². The summed E-state index contributed by atoms with van der Waals surface area (Å²) < 4.78 is 2.25. The molecule has 0 radical (unpaired) electrons. The highest BCUT2D eigenvalue weighted by molar-refractivity contribution is 5.99. The zero-order valence-corrected chi connectivity index (χ0v) is 22.6. The Morgan fingerprint density at radius 3 is 2.27 bits per heavy atom. The fourth-order valence-corrected chi connectivity index (χ4v) is 4.93. The van der Waals surface area contributed by atoms with E-state index in [1.165, 1.54) is 7.11 Å². The molecule has 40 heavy (non-hydrogen) atoms. The molecule has 1 aromatic heterocycles. The minimum atomic E-state index is -0.940. The summed E-state index contributed by atoms with van der Waals surface area (Å²) in [6.45, 7) is 5.22. The lowest BCUT2D eigenvalue weighted by Crippen LogP contribution is -2.22. The number of fused-ring (bicyclic) bond motifs is 1. The van der Waals surface area contributed by atoms with Crippen molar-refractivity contribution in [2.24, 2.45) is 0 Å². The van der Waals surface area contributed by atoms with Crippen molar-refractivity contribution >= 4 is 22.8 Å². The van der Waals surface area contributed by atoms with Gasteiger partial charge in [-0.1, -0.05) is 54.6 Å². The van der Waals surface area contributed by atoms with Gasteiger partial charge in [-0.3, -0.25) is 4.79 Å². The first-order valence-electron chi connectivity index (χ1n) is 12.9. The number of nitrogens with zero attached hydrogens (tertiary/aromatic N) is 1. The fourth-order valence-electron chi connectivity index (χ4n) is 4.93. The van der Waals surface area contributed by atoms with Gasteiger partial charge >= 0.3 is 5.97 Å². The molecule has 0 atom stereocenters. The number of carbonyl (C=O) groups is 2. The van der Waals surface area contributed by atoms with Gasteiger partial charge in [0.1, 0.15) is 0 Å². The number of carboxylic acids is 1. The van der Waals surface area contributed by atoms with E-state index in [0.29, 0.717) is 30.0 Å². The Bertz CT molecular complexity index is 1690. The second-order valence-corrected chi connectivity index (χ2v) is 9.65. The maximum Gasteiger partial charge on any atom is 0.336 e. The number of aromatic carboxylic acids is 1. The van der Waals surface area contributed by atoms with Crippen molar-refractivity contribution in [1.82, 2.24) is 9.88 Å². The summed E-state index contributed by atoms with van der Waals surface area (Å²) in [5.41, 5.74) is 7.82. The van der Waals surface area contributed by atoms with Crippen LogP contribution in [0.15, 0.2) is 91.0 Å². The Balaban J connectivity index is 1.33. The van der Waals surface area contributed by atoms with Crippen molar-refractivity contribution in [3.05, 3.63) is 125 Å². The molecule has 0 saturated heterocycles. The van der Waals surface area contributed by atoms with Crippen LogP contribution in [0.25, 0.3) is 22.0 Å². The van der Waals surface area contributed by atoms with Crippen LogP contribution in [0, 0.1) is 13.8 Å². The molecule has 0 saturated carbocycles. The van der Waals surface area contributed by atoms with Crippen molar-refractivity contribution in [3.8, 4) is 16.9 Å². The molecule has 202 valence electrons. The van der Waals surface area contributed by atoms with Crippen molar-refractivity contribution in [2.75, 3.05) is 7.11 Å². The van der Waals surface area contributed by atoms with Crippen LogP contribution < -0.4 is 10.2 Å². The van der Waals surface area contributed by atoms with Crippen molar-refractivity contribution in [1.29, 1.82) is 0 Å². The van der Waals surface area contributed by atoms with Crippen molar-refractivity contribution in [2.45, 2.75) is 26.9 Å². The SMILES string of the molecule is COOc1ccc(CNC(=O)c2ccc3c(c2)c(C)c(C)n3Cc2ccc(-c3ccccc3C(=O)O)cc2)cc1. The van der Waals surface area contributed by atoms with Gasteiger partial charge in [0, 0.05) is 35.2 Å². The van der Waals surface area contributed by atoms with E-state index < -0.39 is 5.97 Å². The molecule has 1 amide bonds. The van der Waals surface area contributed by atoms with Gasteiger partial charge in [0.15, 0.2) is 5.75 Å². The zero-order chi connectivity index (χ0) is 28.2. The second kappa shape index (κ2) is 11.5. The third-order valence-electron chi connectivity index (χ3n) is 7.22. The van der Waals surface area contributed by atoms with Gasteiger partial charge in [-0.15, -0.1) is 0 Å². The molecule has 1 heterocycles. The standard InChI is InChI=1S/C33H30N2O5/c1-21-22(2)35(20-24-8-12-25(13-9-24)28-6-4-5-7-29(28)33(37)38)31-17-14-26(18-30(21)31)32(36)34-19-23-10-15-27(16-11-23)40-39-3/h4-18H,19-20H2,1-3H3,(H,34,36)(H,37,38). The van der Waals surface area contributed by atoms with E-state index in [1.807, 2.05) is 66.7 Å². The summed E-state index contributed by atoms with van der Waals surface area (Å²) in [6.07, 6.45) is 0. The number of hydrogen-bond donors (Lipinski definition) is 2. The predicted octanol–water partition coefficient (Wildman–Crippen LogP) is 6.54. The quantitative estimate of drug-likeness (QED) is 0.166. The van der Waals surface area contributed by atoms with Gasteiger partial charge in [0.05, 0.1) is 12.7 Å². The maximum atomic E-state index is 12.9. The van der Waals surface area contributed by atoms with Crippen LogP contribution in [0.5, 0.6) is 5.75 Å². The number of rotatable bonds is 9. The Morgan fingerprint density at radius 2 is 1.57 bits per heavy atom. The average molecular weight is 535 g/mol. The first kappa shape index (κ1) is 26.7. The molecular formula is C33H30N2O5. The summed E-state index contributed by atoms with van der Waals surface area (Å²) in [7, 11) is 1.45. The first-order valence-corrected chi connectivity index (χ1v) is 12.9. The van der Waals surface area contributed by atoms with E-state index in [4.69, 9.17) is 4.89 Å². The number of carboxylic acid groups (broad SMARTS) is 1. The smallest absolute Gasteiger partial charge is 0.336 e. The number of carbonyl (C=O) groups excluding carboxylic acids is 1. The molecule has 2 N–H and O–H groups in total. The molecule has 0 unspecified atom stereocenters. The fraction of sp³-hybridized carbons (Fsp3) is 0.152. The summed E-state index contributed by atoms with van der Waals surface area (Å²) >= 11 is 0. The van der Waals surface area contributed by atoms with E-state index in [2.05, 4.69) is 28.6 Å². The van der Waals surface area contributed by atoms with Gasteiger partial charge in [0.2, 0.25) is 0 Å². The van der Waals surface area contributed by atoms with Gasteiger partial charge in [-0.2, -0.15) is 4.89 Å². The zero-order valence-electron chi connectivity index (χ0n) is 22.6. The molecule has 4 aromatic carbocycles. The predicted molar refractivity (Wildman–Crippen MR) is 155 cm³/mol. The summed E-state index contributed by atoms with van der Waals surface area (Å²) in [6, 6.07) is 28.1. The average Bonchev–Trinajstić information content (AvgIpc) is 3.21. The number of aryl methyl sites for hydroxylation is 1. The highest BCUT2D eigenvalue weighted by Gasteiger charge is 2.15. The third-order valence-corrected chi connectivity index (χ3v) is 7.22. The monoisotopic (exact) mass is 534 g/mol. The number of aromatic nitrogens is 1. The maximum absolute atomic E-state index is 12.9. The van der Waals surface area contributed by atoms with Gasteiger partial charge in [-0.25, -0.2) is 4.79 Å². The van der Waals surface area contributed by atoms with Crippen LogP contribution in [-0.4, -0.2) is 28.7 Å². The Kier molecular flexibility index (Phi) is 7.66. The molecule has 0 bridgehead atoms. The Labute approximate surface area is 232 Å². The lowest BCUT2D eigenvalue weighted by atomic mass is 9.99. The molecule has 0 aliphatic rings. The largest absolute Gasteiger partial charge is 0.478 e. The minimum Gasteiger partial charge on any atom is -0.478 e. The first-order chi connectivity index (χ1) is 19.4. The molecule has 7 nitrogen and oxygen atoms in total. The van der Waals surface area contributed by atoms with Gasteiger partial charge in [0.25, 0.3) is 5.91 Å². The summed E-state index contributed by atoms with van der Waals surface area (Å²) in [5, 5.41) is 13.6. The highest BCUT2D eigenvalue weighted by atomic mass is 17.2. The number of benzene rings is 4. The van der Waals surface area contributed by atoms with Crippen LogP contribution in [-0.2, 0) is 18.0 Å². The topological polar surface area (TPSA) is 89.8 Å². The van der Waals surface area contributed by atoms with E-state index in [0.717, 1.165) is 38.9 Å². The van der Waals surface area contributed by atoms with Crippen molar-refractivity contribution in [3.63, 3.8) is 0 Å². The Hall–Kier alpha value is -4.88. The molecule has 5 aromatic rings. The van der Waals surface area contributed by atoms with Crippen LogP contribution in [0.4, 0.5) is 0 Å². The van der Waals surface area contributed by atoms with Crippen LogP contribution in [0.3, 0.4) is 0 Å². The third kappa shape index (κ3) is 5.46. The molecule has 0 fully saturated rings. The number of amides is 1. The second-order valence-electron chi connectivity index (χ2n) is 9.65. The molecule has 0 aliphatic carbocycles. The van der Waals surface area contributed by atoms with Gasteiger partial charge in [-0.05, 0) is 78.1 Å². The summed E-state index contributed by atoms with van der Waals surface area (Å²) in [4.78, 5) is 34.2. The molecular weight excluding hydrogens is 504 g/mol. The highest BCUT2D eigenvalue weighted by Crippen LogP contribution is 2.29. The minimum absolute atomic E-state index is 0.138.